The fourth-order valence-electron chi connectivity index (χ4n) is 3.32. The first-order chi connectivity index (χ1) is 12.7. The highest BCUT2D eigenvalue weighted by Crippen LogP contribution is 2.20. The molecule has 0 aliphatic heterocycles. The maximum atomic E-state index is 12.3. The van der Waals surface area contributed by atoms with Gasteiger partial charge in [-0.25, -0.2) is 4.98 Å². The first kappa shape index (κ1) is 18.2. The summed E-state index contributed by atoms with van der Waals surface area (Å²) in [6.45, 7) is 0.577. The summed E-state index contributed by atoms with van der Waals surface area (Å²) < 4.78 is 5.22. The standard InChI is InChI=1S/C21H27N3O2/c1-26-19-9-5-6-16(14-19)12-13-22-21(25)17-10-11-20(23-15-17)24-18-7-3-2-4-8-18/h5-6,9-11,14-15,18H,2-4,7-8,12-13H2,1H3,(H,22,25)(H,23,24). The van der Waals surface area contributed by atoms with E-state index in [2.05, 4.69) is 15.6 Å². The molecule has 26 heavy (non-hydrogen) atoms. The number of rotatable bonds is 7. The summed E-state index contributed by atoms with van der Waals surface area (Å²) in [5.41, 5.74) is 1.72. The molecule has 1 heterocycles. The number of benzene rings is 1. The molecular formula is C21H27N3O2. The molecule has 5 nitrogen and oxygen atoms in total. The van der Waals surface area contributed by atoms with Gasteiger partial charge in [-0.3, -0.25) is 4.79 Å². The Morgan fingerprint density at radius 1 is 1.19 bits per heavy atom. The molecule has 1 aliphatic rings. The number of carbonyl (C=O) groups is 1. The topological polar surface area (TPSA) is 63.2 Å². The maximum Gasteiger partial charge on any atom is 0.252 e. The Morgan fingerprint density at radius 2 is 2.04 bits per heavy atom. The minimum atomic E-state index is -0.0930. The lowest BCUT2D eigenvalue weighted by Gasteiger charge is -2.23. The Hall–Kier alpha value is -2.56. The third-order valence-electron chi connectivity index (χ3n) is 4.82. The molecule has 3 rings (SSSR count). The smallest absolute Gasteiger partial charge is 0.252 e. The van der Waals surface area contributed by atoms with Gasteiger partial charge >= 0.3 is 0 Å². The molecule has 1 aliphatic carbocycles. The van der Waals surface area contributed by atoms with Crippen molar-refractivity contribution in [2.75, 3.05) is 19.0 Å². The second-order valence-corrected chi connectivity index (χ2v) is 6.77. The summed E-state index contributed by atoms with van der Waals surface area (Å²) >= 11 is 0. The van der Waals surface area contributed by atoms with E-state index in [1.165, 1.54) is 32.1 Å². The van der Waals surface area contributed by atoms with Crippen LogP contribution in [0.1, 0.15) is 48.0 Å². The SMILES string of the molecule is COc1cccc(CCNC(=O)c2ccc(NC3CCCCC3)nc2)c1. The third kappa shape index (κ3) is 5.22. The normalized spacial score (nSPS) is 14.7. The van der Waals surface area contributed by atoms with Gasteiger partial charge in [0.2, 0.25) is 0 Å². The van der Waals surface area contributed by atoms with Crippen LogP contribution in [0.15, 0.2) is 42.6 Å². The molecule has 0 unspecified atom stereocenters. The largest absolute Gasteiger partial charge is 0.497 e. The Morgan fingerprint density at radius 3 is 2.77 bits per heavy atom. The molecule has 1 fully saturated rings. The van der Waals surface area contributed by atoms with E-state index < -0.39 is 0 Å². The molecule has 2 aromatic rings. The number of anilines is 1. The van der Waals surface area contributed by atoms with Gasteiger partial charge in [-0.05, 0) is 49.1 Å². The number of amides is 1. The number of pyridine rings is 1. The summed E-state index contributed by atoms with van der Waals surface area (Å²) in [4.78, 5) is 16.7. The predicted octanol–water partition coefficient (Wildman–Crippen LogP) is 3.81. The molecular weight excluding hydrogens is 326 g/mol. The average molecular weight is 353 g/mol. The van der Waals surface area contributed by atoms with Crippen LogP contribution in [0.3, 0.4) is 0 Å². The number of carbonyl (C=O) groups excluding carboxylic acids is 1. The molecule has 138 valence electrons. The molecule has 0 bridgehead atoms. The van der Waals surface area contributed by atoms with Crippen LogP contribution in [0.5, 0.6) is 5.75 Å². The van der Waals surface area contributed by atoms with Crippen molar-refractivity contribution < 1.29 is 9.53 Å². The Labute approximate surface area is 155 Å². The molecule has 5 heteroatoms. The lowest BCUT2D eigenvalue weighted by atomic mass is 9.95. The van der Waals surface area contributed by atoms with Gasteiger partial charge in [0.05, 0.1) is 12.7 Å². The fraction of sp³-hybridized carbons (Fsp3) is 0.429. The summed E-state index contributed by atoms with van der Waals surface area (Å²) in [5, 5.41) is 6.41. The molecule has 0 atom stereocenters. The minimum absolute atomic E-state index is 0.0930. The molecule has 1 aromatic carbocycles. The van der Waals surface area contributed by atoms with Crippen LogP contribution in [-0.2, 0) is 6.42 Å². The van der Waals surface area contributed by atoms with E-state index in [0.717, 1.165) is 23.6 Å². The molecule has 2 N–H and O–H groups in total. The third-order valence-corrected chi connectivity index (χ3v) is 4.82. The number of hydrogen-bond donors (Lipinski definition) is 2. The first-order valence-electron chi connectivity index (χ1n) is 9.38. The highest BCUT2D eigenvalue weighted by atomic mass is 16.5. The number of nitrogens with one attached hydrogen (secondary N) is 2. The number of hydrogen-bond acceptors (Lipinski definition) is 4. The lowest BCUT2D eigenvalue weighted by Crippen LogP contribution is -2.26. The lowest BCUT2D eigenvalue weighted by molar-refractivity contribution is 0.0954. The van der Waals surface area contributed by atoms with Crippen LogP contribution < -0.4 is 15.4 Å². The van der Waals surface area contributed by atoms with Crippen LogP contribution >= 0.6 is 0 Å². The van der Waals surface area contributed by atoms with Crippen LogP contribution in [-0.4, -0.2) is 30.6 Å². The van der Waals surface area contributed by atoms with Crippen molar-refractivity contribution in [3.05, 3.63) is 53.7 Å². The van der Waals surface area contributed by atoms with E-state index in [9.17, 15) is 4.79 Å². The highest BCUT2D eigenvalue weighted by Gasteiger charge is 2.13. The fourth-order valence-corrected chi connectivity index (χ4v) is 3.32. The summed E-state index contributed by atoms with van der Waals surface area (Å²) in [5.74, 6) is 1.59. The van der Waals surface area contributed by atoms with Gasteiger partial charge in [0, 0.05) is 18.8 Å². The van der Waals surface area contributed by atoms with Gasteiger partial charge in [-0.2, -0.15) is 0 Å². The van der Waals surface area contributed by atoms with Crippen molar-refractivity contribution in [2.45, 2.75) is 44.6 Å². The Bertz CT molecular complexity index is 709. The van der Waals surface area contributed by atoms with Crippen LogP contribution in [0, 0.1) is 0 Å². The zero-order chi connectivity index (χ0) is 18.2. The summed E-state index contributed by atoms with van der Waals surface area (Å²) in [6.07, 6.45) is 8.71. The van der Waals surface area contributed by atoms with Crippen LogP contribution in [0.2, 0.25) is 0 Å². The Kier molecular flexibility index (Phi) is 6.47. The second-order valence-electron chi connectivity index (χ2n) is 6.77. The van der Waals surface area contributed by atoms with E-state index in [1.54, 1.807) is 13.3 Å². The monoisotopic (exact) mass is 353 g/mol. The zero-order valence-corrected chi connectivity index (χ0v) is 15.3. The zero-order valence-electron chi connectivity index (χ0n) is 15.3. The van der Waals surface area contributed by atoms with Gasteiger partial charge in [-0.15, -0.1) is 0 Å². The number of methoxy groups -OCH3 is 1. The van der Waals surface area contributed by atoms with E-state index in [1.807, 2.05) is 36.4 Å². The van der Waals surface area contributed by atoms with E-state index >= 15 is 0 Å². The van der Waals surface area contributed by atoms with Crippen molar-refractivity contribution in [3.8, 4) is 5.75 Å². The van der Waals surface area contributed by atoms with Gasteiger partial charge in [0.25, 0.3) is 5.91 Å². The molecule has 1 aromatic heterocycles. The molecule has 0 spiro atoms. The molecule has 1 saturated carbocycles. The van der Waals surface area contributed by atoms with Crippen LogP contribution in [0.25, 0.3) is 0 Å². The maximum absolute atomic E-state index is 12.3. The van der Waals surface area contributed by atoms with Crippen molar-refractivity contribution in [3.63, 3.8) is 0 Å². The van der Waals surface area contributed by atoms with E-state index in [-0.39, 0.29) is 5.91 Å². The number of aromatic nitrogens is 1. The van der Waals surface area contributed by atoms with Crippen LogP contribution in [0.4, 0.5) is 5.82 Å². The highest BCUT2D eigenvalue weighted by molar-refractivity contribution is 5.94. The van der Waals surface area contributed by atoms with Gasteiger partial charge in [0.1, 0.15) is 11.6 Å². The molecule has 1 amide bonds. The minimum Gasteiger partial charge on any atom is -0.497 e. The van der Waals surface area contributed by atoms with E-state index in [4.69, 9.17) is 4.74 Å². The number of nitrogens with zero attached hydrogens (tertiary/aromatic N) is 1. The van der Waals surface area contributed by atoms with Gasteiger partial charge in [0.15, 0.2) is 0 Å². The summed E-state index contributed by atoms with van der Waals surface area (Å²) in [6, 6.07) is 12.1. The molecule has 0 radical (unpaired) electrons. The first-order valence-corrected chi connectivity index (χ1v) is 9.38. The van der Waals surface area contributed by atoms with Crippen molar-refractivity contribution in [2.24, 2.45) is 0 Å². The second kappa shape index (κ2) is 9.22. The molecule has 0 saturated heterocycles. The van der Waals surface area contributed by atoms with Crippen molar-refractivity contribution in [1.29, 1.82) is 0 Å². The van der Waals surface area contributed by atoms with Crippen molar-refractivity contribution in [1.82, 2.24) is 10.3 Å². The predicted molar refractivity (Wildman–Crippen MR) is 104 cm³/mol. The van der Waals surface area contributed by atoms with Gasteiger partial charge < -0.3 is 15.4 Å². The van der Waals surface area contributed by atoms with Gasteiger partial charge in [-0.1, -0.05) is 31.4 Å². The van der Waals surface area contributed by atoms with Crippen molar-refractivity contribution >= 4 is 11.7 Å². The Balaban J connectivity index is 1.46. The van der Waals surface area contributed by atoms with E-state index in [0.29, 0.717) is 18.2 Å². The average Bonchev–Trinajstić information content (AvgIpc) is 2.69. The number of ether oxygens (including phenoxy) is 1. The summed E-state index contributed by atoms with van der Waals surface area (Å²) in [7, 11) is 1.65. The quantitative estimate of drug-likeness (QED) is 0.794.